The number of nitrogens with zero attached hydrogens (tertiary/aromatic N) is 1. The van der Waals surface area contributed by atoms with Crippen LogP contribution in [0.25, 0.3) is 0 Å². The maximum Gasteiger partial charge on any atom is 0.139 e. The average Bonchev–Trinajstić information content (AvgIpc) is 2.99. The lowest BCUT2D eigenvalue weighted by molar-refractivity contribution is -0.128. The summed E-state index contributed by atoms with van der Waals surface area (Å²) in [5, 5.41) is 24.3. The van der Waals surface area contributed by atoms with E-state index >= 15 is 0 Å². The van der Waals surface area contributed by atoms with Crippen LogP contribution in [0.2, 0.25) is 0 Å². The number of hydrogen-bond donors (Lipinski definition) is 3. The predicted octanol–water partition coefficient (Wildman–Crippen LogP) is 4.28. The summed E-state index contributed by atoms with van der Waals surface area (Å²) in [4.78, 5) is 14.8. The van der Waals surface area contributed by atoms with Crippen molar-refractivity contribution >= 4 is 27.4 Å². The monoisotopic (exact) mass is 448 g/mol. The van der Waals surface area contributed by atoms with E-state index in [1.54, 1.807) is 21.6 Å². The van der Waals surface area contributed by atoms with Crippen molar-refractivity contribution in [2.45, 2.75) is 97.8 Å². The van der Waals surface area contributed by atoms with E-state index in [9.17, 15) is 15.0 Å². The van der Waals surface area contributed by atoms with Crippen molar-refractivity contribution in [2.75, 3.05) is 25.4 Å². The van der Waals surface area contributed by atoms with Gasteiger partial charge in [-0.3, -0.25) is 9.69 Å². The van der Waals surface area contributed by atoms with Gasteiger partial charge in [-0.1, -0.05) is 56.2 Å². The number of Topliss-reactive ketones (excluding diaryl/α,β-unsaturated/α-hetero) is 1. The second kappa shape index (κ2) is 12.9. The summed E-state index contributed by atoms with van der Waals surface area (Å²) in [5.41, 5.74) is -0.530. The molecule has 0 saturated carbocycles. The van der Waals surface area contributed by atoms with Crippen LogP contribution in [0.1, 0.15) is 80.1 Å². The van der Waals surface area contributed by atoms with Crippen molar-refractivity contribution < 1.29 is 15.0 Å². The van der Waals surface area contributed by atoms with Crippen molar-refractivity contribution in [3.63, 3.8) is 0 Å². The number of carbonyl (C=O) groups is 1. The fraction of sp³-hybridized carbons (Fsp3) is 0.955. The molecule has 0 aromatic carbocycles. The molecule has 3 unspecified atom stereocenters. The molecular formula is C22H44N2O3S2. The van der Waals surface area contributed by atoms with Crippen LogP contribution in [0, 0.1) is 10.8 Å². The summed E-state index contributed by atoms with van der Waals surface area (Å²) in [6.45, 7) is 15.1. The number of aliphatic hydroxyl groups is 2. The van der Waals surface area contributed by atoms with Crippen LogP contribution in [0.15, 0.2) is 0 Å². The van der Waals surface area contributed by atoms with Gasteiger partial charge in [0, 0.05) is 30.7 Å². The van der Waals surface area contributed by atoms with E-state index in [0.717, 1.165) is 44.5 Å². The Labute approximate surface area is 186 Å². The molecule has 5 nitrogen and oxygen atoms in total. The molecule has 3 N–H and O–H groups in total. The van der Waals surface area contributed by atoms with Gasteiger partial charge >= 0.3 is 0 Å². The molecule has 1 saturated heterocycles. The Bertz CT molecular complexity index is 489. The van der Waals surface area contributed by atoms with Gasteiger partial charge in [-0.15, -0.1) is 0 Å². The van der Waals surface area contributed by atoms with Gasteiger partial charge in [-0.25, -0.2) is 0 Å². The summed E-state index contributed by atoms with van der Waals surface area (Å²) in [7, 11) is 3.57. The van der Waals surface area contributed by atoms with Gasteiger partial charge in [0.2, 0.25) is 0 Å². The third-order valence-corrected chi connectivity index (χ3v) is 8.28. The first-order valence-corrected chi connectivity index (χ1v) is 13.5. The van der Waals surface area contributed by atoms with E-state index < -0.39 is 17.7 Å². The lowest BCUT2D eigenvalue weighted by Crippen LogP contribution is -2.39. The highest BCUT2D eigenvalue weighted by molar-refractivity contribution is 8.76. The van der Waals surface area contributed by atoms with Crippen LogP contribution in [0.3, 0.4) is 0 Å². The zero-order valence-electron chi connectivity index (χ0n) is 19.4. The fourth-order valence-electron chi connectivity index (χ4n) is 4.37. The molecular weight excluding hydrogens is 404 g/mol. The second-order valence-electron chi connectivity index (χ2n) is 9.89. The third-order valence-electron chi connectivity index (χ3n) is 5.54. The Kier molecular flexibility index (Phi) is 12.1. The largest absolute Gasteiger partial charge is 0.392 e. The summed E-state index contributed by atoms with van der Waals surface area (Å²) < 4.78 is 0. The number of rotatable bonds is 15. The predicted molar refractivity (Wildman–Crippen MR) is 127 cm³/mol. The molecule has 0 radical (unpaired) electrons. The van der Waals surface area contributed by atoms with E-state index in [4.69, 9.17) is 0 Å². The standard InChI is InChI=1S/C22H44N2O3S2/c1-7-11-23-17(2)29-28-13-10-19(26)22(5,6)16-21(3,4)14-18(25)15-24-12-8-9-20(24)27/h17-18,20,23,25,27H,7-16H2,1-6H3. The SMILES string of the molecule is CCCNC(C)SSCCC(=O)C(C)(C)CC(C)(C)CC(O)CN1CCCC1O. The molecule has 1 aliphatic rings. The highest BCUT2D eigenvalue weighted by atomic mass is 33.1. The Hall–Kier alpha value is 0.210. The van der Waals surface area contributed by atoms with Gasteiger partial charge in [-0.05, 0) is 51.0 Å². The average molecular weight is 449 g/mol. The number of carbonyl (C=O) groups excluding carboxylic acids is 1. The van der Waals surface area contributed by atoms with Crippen LogP contribution >= 0.6 is 21.6 Å². The van der Waals surface area contributed by atoms with E-state index in [0.29, 0.717) is 30.5 Å². The first kappa shape index (κ1) is 27.2. The van der Waals surface area contributed by atoms with Crippen molar-refractivity contribution in [1.29, 1.82) is 0 Å². The molecule has 0 aromatic rings. The molecule has 0 bridgehead atoms. The molecule has 0 amide bonds. The zero-order chi connectivity index (χ0) is 22.1. The van der Waals surface area contributed by atoms with Crippen molar-refractivity contribution in [3.05, 3.63) is 0 Å². The highest BCUT2D eigenvalue weighted by Crippen LogP contribution is 2.39. The van der Waals surface area contributed by atoms with Crippen LogP contribution in [0.5, 0.6) is 0 Å². The minimum Gasteiger partial charge on any atom is -0.392 e. The lowest BCUT2D eigenvalue weighted by Gasteiger charge is -2.36. The van der Waals surface area contributed by atoms with Gasteiger partial charge in [0.25, 0.3) is 0 Å². The first-order chi connectivity index (χ1) is 13.5. The number of hydrogen-bond acceptors (Lipinski definition) is 7. The molecule has 0 spiro atoms. The molecule has 0 aromatic heterocycles. The van der Waals surface area contributed by atoms with Crippen LogP contribution in [-0.4, -0.2) is 64.0 Å². The lowest BCUT2D eigenvalue weighted by atomic mass is 9.70. The highest BCUT2D eigenvalue weighted by Gasteiger charge is 2.36. The molecule has 0 aliphatic carbocycles. The number of aliphatic hydroxyl groups excluding tert-OH is 2. The number of ketones is 1. The minimum atomic E-state index is -0.479. The van der Waals surface area contributed by atoms with Gasteiger partial charge in [-0.2, -0.15) is 0 Å². The second-order valence-corrected chi connectivity index (χ2v) is 12.7. The Morgan fingerprint density at radius 2 is 2.00 bits per heavy atom. The van der Waals surface area contributed by atoms with Crippen molar-refractivity contribution in [1.82, 2.24) is 10.2 Å². The third kappa shape index (κ3) is 10.9. The molecule has 1 heterocycles. The summed E-state index contributed by atoms with van der Waals surface area (Å²) in [5.74, 6) is 1.14. The molecule has 1 fully saturated rings. The number of β-amino-alcohol motifs (C(OH)–C–C–N with tert-alkyl or cyclic N) is 1. The van der Waals surface area contributed by atoms with E-state index in [-0.39, 0.29) is 5.41 Å². The molecule has 1 rings (SSSR count). The van der Waals surface area contributed by atoms with Gasteiger partial charge in [0.05, 0.1) is 11.5 Å². The number of nitrogens with one attached hydrogen (secondary N) is 1. The molecule has 7 heteroatoms. The Morgan fingerprint density at radius 3 is 2.59 bits per heavy atom. The Balaban J connectivity index is 2.38. The minimum absolute atomic E-state index is 0.135. The van der Waals surface area contributed by atoms with Crippen LogP contribution in [-0.2, 0) is 4.79 Å². The van der Waals surface area contributed by atoms with Crippen molar-refractivity contribution in [3.8, 4) is 0 Å². The topological polar surface area (TPSA) is 72.8 Å². The summed E-state index contributed by atoms with van der Waals surface area (Å²) in [6, 6.07) is 0. The molecule has 3 atom stereocenters. The fourth-order valence-corrected chi connectivity index (χ4v) is 6.48. The Morgan fingerprint density at radius 1 is 1.31 bits per heavy atom. The maximum atomic E-state index is 12.8. The molecule has 1 aliphatic heterocycles. The quantitative estimate of drug-likeness (QED) is 0.196. The van der Waals surface area contributed by atoms with Crippen LogP contribution in [0.4, 0.5) is 0 Å². The maximum absolute atomic E-state index is 12.8. The van der Waals surface area contributed by atoms with Gasteiger partial charge in [0.1, 0.15) is 12.0 Å². The summed E-state index contributed by atoms with van der Waals surface area (Å²) >= 11 is 0. The first-order valence-electron chi connectivity index (χ1n) is 11.1. The van der Waals surface area contributed by atoms with Gasteiger partial charge < -0.3 is 15.5 Å². The molecule has 29 heavy (non-hydrogen) atoms. The van der Waals surface area contributed by atoms with Crippen molar-refractivity contribution in [2.24, 2.45) is 10.8 Å². The summed E-state index contributed by atoms with van der Waals surface area (Å²) in [6.07, 6.45) is 4.00. The zero-order valence-corrected chi connectivity index (χ0v) is 21.0. The smallest absolute Gasteiger partial charge is 0.139 e. The molecule has 172 valence electrons. The number of likely N-dealkylation sites (tertiary alicyclic amines) is 1. The van der Waals surface area contributed by atoms with E-state index in [1.165, 1.54) is 0 Å². The van der Waals surface area contributed by atoms with Crippen LogP contribution < -0.4 is 5.32 Å². The normalized spacial score (nSPS) is 20.8. The van der Waals surface area contributed by atoms with Gasteiger partial charge in [0.15, 0.2) is 0 Å². The van der Waals surface area contributed by atoms with E-state index in [1.807, 2.05) is 18.7 Å². The van der Waals surface area contributed by atoms with E-state index in [2.05, 4.69) is 33.0 Å².